The van der Waals surface area contributed by atoms with Gasteiger partial charge < -0.3 is 4.57 Å². The van der Waals surface area contributed by atoms with E-state index < -0.39 is 10.0 Å². The summed E-state index contributed by atoms with van der Waals surface area (Å²) in [6, 6.07) is 21.7. The van der Waals surface area contributed by atoms with Gasteiger partial charge in [0.2, 0.25) is 10.0 Å². The first-order valence-corrected chi connectivity index (χ1v) is 11.2. The predicted octanol–water partition coefficient (Wildman–Crippen LogP) is 4.59. The second kappa shape index (κ2) is 8.76. The van der Waals surface area contributed by atoms with Crippen LogP contribution in [0.5, 0.6) is 0 Å². The highest BCUT2D eigenvalue weighted by Crippen LogP contribution is 2.19. The van der Waals surface area contributed by atoms with Crippen LogP contribution < -0.4 is 0 Å². The lowest BCUT2D eigenvalue weighted by Gasteiger charge is -2.26. The second-order valence-electron chi connectivity index (χ2n) is 7.49. The van der Waals surface area contributed by atoms with Crippen molar-refractivity contribution in [3.63, 3.8) is 0 Å². The summed E-state index contributed by atoms with van der Waals surface area (Å²) in [6.07, 6.45) is 2.01. The fraction of sp³-hybridized carbons (Fsp3) is 0.304. The fourth-order valence-corrected chi connectivity index (χ4v) is 5.02. The van der Waals surface area contributed by atoms with Crippen LogP contribution in [0.15, 0.2) is 72.9 Å². The van der Waals surface area contributed by atoms with Gasteiger partial charge in [-0.3, -0.25) is 0 Å². The zero-order chi connectivity index (χ0) is 20.1. The van der Waals surface area contributed by atoms with E-state index in [2.05, 4.69) is 35.8 Å². The molecule has 0 fully saturated rings. The van der Waals surface area contributed by atoms with E-state index in [1.807, 2.05) is 62.5 Å². The highest BCUT2D eigenvalue weighted by molar-refractivity contribution is 7.88. The van der Waals surface area contributed by atoms with Crippen molar-refractivity contribution < 1.29 is 8.42 Å². The smallest absolute Gasteiger partial charge is 0.218 e. The molecule has 0 amide bonds. The van der Waals surface area contributed by atoms with Crippen LogP contribution >= 0.6 is 0 Å². The normalized spacial score (nSPS) is 12.0. The van der Waals surface area contributed by atoms with Crippen LogP contribution in [0, 0.1) is 6.92 Å². The molecule has 3 rings (SSSR count). The van der Waals surface area contributed by atoms with E-state index in [4.69, 9.17) is 0 Å². The molecule has 148 valence electrons. The summed E-state index contributed by atoms with van der Waals surface area (Å²) in [7, 11) is -3.43. The Morgan fingerprint density at radius 2 is 1.57 bits per heavy atom. The van der Waals surface area contributed by atoms with Gasteiger partial charge >= 0.3 is 0 Å². The van der Waals surface area contributed by atoms with Gasteiger partial charge in [0.15, 0.2) is 0 Å². The molecular formula is C23H28N2O2S. The van der Waals surface area contributed by atoms with Gasteiger partial charge in [0.05, 0.1) is 12.3 Å². The molecule has 0 N–H and O–H groups in total. The highest BCUT2D eigenvalue weighted by atomic mass is 32.2. The summed E-state index contributed by atoms with van der Waals surface area (Å²) in [4.78, 5) is 0. The van der Waals surface area contributed by atoms with Crippen molar-refractivity contribution in [1.82, 2.24) is 8.87 Å². The first kappa shape index (κ1) is 20.4. The Morgan fingerprint density at radius 3 is 2.21 bits per heavy atom. The van der Waals surface area contributed by atoms with E-state index in [1.54, 1.807) is 4.31 Å². The number of sulfonamides is 1. The van der Waals surface area contributed by atoms with E-state index >= 15 is 0 Å². The van der Waals surface area contributed by atoms with Gasteiger partial charge in [-0.15, -0.1) is 0 Å². The molecule has 0 spiro atoms. The average Bonchev–Trinajstić information content (AvgIpc) is 3.08. The Bertz CT molecular complexity index is 991. The summed E-state index contributed by atoms with van der Waals surface area (Å²) in [5.41, 5.74) is 4.23. The monoisotopic (exact) mass is 396 g/mol. The molecule has 28 heavy (non-hydrogen) atoms. The topological polar surface area (TPSA) is 42.3 Å². The van der Waals surface area contributed by atoms with E-state index in [1.165, 1.54) is 11.1 Å². The summed E-state index contributed by atoms with van der Waals surface area (Å²) in [5.74, 6) is 0.0185. The maximum Gasteiger partial charge on any atom is 0.218 e. The molecule has 0 aliphatic heterocycles. The Labute approximate surface area is 168 Å². The molecule has 5 heteroatoms. The van der Waals surface area contributed by atoms with Crippen LogP contribution in [0.4, 0.5) is 0 Å². The molecule has 0 saturated carbocycles. The third-order valence-corrected chi connectivity index (χ3v) is 6.80. The Balaban J connectivity index is 1.80. The van der Waals surface area contributed by atoms with E-state index in [0.29, 0.717) is 6.54 Å². The van der Waals surface area contributed by atoms with Crippen LogP contribution in [-0.2, 0) is 28.9 Å². The lowest BCUT2D eigenvalue weighted by Crippen LogP contribution is -2.37. The van der Waals surface area contributed by atoms with E-state index in [9.17, 15) is 8.42 Å². The van der Waals surface area contributed by atoms with Gasteiger partial charge in [0.25, 0.3) is 0 Å². The first-order chi connectivity index (χ1) is 13.3. The SMILES string of the molecule is Cc1ccc(Cn2cccc2CN(C(C)C)S(=O)(=O)Cc2ccccc2)cc1. The highest BCUT2D eigenvalue weighted by Gasteiger charge is 2.26. The van der Waals surface area contributed by atoms with E-state index in [-0.39, 0.29) is 11.8 Å². The fourth-order valence-electron chi connectivity index (χ4n) is 3.27. The zero-order valence-corrected chi connectivity index (χ0v) is 17.6. The molecule has 4 nitrogen and oxygen atoms in total. The van der Waals surface area contributed by atoms with Crippen LogP contribution in [0.3, 0.4) is 0 Å². The summed E-state index contributed by atoms with van der Waals surface area (Å²) >= 11 is 0. The van der Waals surface area contributed by atoms with Crippen molar-refractivity contribution in [3.05, 3.63) is 95.3 Å². The lowest BCUT2D eigenvalue weighted by atomic mass is 10.1. The van der Waals surface area contributed by atoms with Crippen LogP contribution in [0.1, 0.15) is 36.2 Å². The van der Waals surface area contributed by atoms with E-state index in [0.717, 1.165) is 17.8 Å². The zero-order valence-electron chi connectivity index (χ0n) is 16.7. The van der Waals surface area contributed by atoms with Gasteiger partial charge in [-0.25, -0.2) is 8.42 Å². The number of nitrogens with zero attached hydrogens (tertiary/aromatic N) is 2. The van der Waals surface area contributed by atoms with Crippen molar-refractivity contribution in [2.24, 2.45) is 0 Å². The molecule has 0 radical (unpaired) electrons. The molecule has 0 saturated heterocycles. The van der Waals surface area contributed by atoms with Crippen LogP contribution in [-0.4, -0.2) is 23.3 Å². The number of aromatic nitrogens is 1. The minimum Gasteiger partial charge on any atom is -0.346 e. The third kappa shape index (κ3) is 5.12. The van der Waals surface area contributed by atoms with Gasteiger partial charge in [-0.1, -0.05) is 60.2 Å². The molecule has 1 aromatic heterocycles. The van der Waals surface area contributed by atoms with Crippen molar-refractivity contribution in [3.8, 4) is 0 Å². The number of hydrogen-bond donors (Lipinski definition) is 0. The van der Waals surface area contributed by atoms with Crippen molar-refractivity contribution >= 4 is 10.0 Å². The average molecular weight is 397 g/mol. The standard InChI is InChI=1S/C23H28N2O2S/c1-19(2)25(28(26,27)18-22-8-5-4-6-9-22)17-23-10-7-15-24(23)16-21-13-11-20(3)12-14-21/h4-15,19H,16-18H2,1-3H3. The minimum atomic E-state index is -3.43. The van der Waals surface area contributed by atoms with Gasteiger partial charge in [0, 0.05) is 24.5 Å². The second-order valence-corrected chi connectivity index (χ2v) is 9.42. The number of rotatable bonds is 8. The molecule has 0 aliphatic rings. The molecule has 0 unspecified atom stereocenters. The van der Waals surface area contributed by atoms with Crippen molar-refractivity contribution in [1.29, 1.82) is 0 Å². The predicted molar refractivity (Wildman–Crippen MR) is 114 cm³/mol. The maximum atomic E-state index is 13.1. The number of benzene rings is 2. The van der Waals surface area contributed by atoms with Crippen molar-refractivity contribution in [2.75, 3.05) is 0 Å². The number of hydrogen-bond acceptors (Lipinski definition) is 2. The third-order valence-electron chi connectivity index (χ3n) is 4.84. The number of aryl methyl sites for hydroxylation is 1. The molecule has 1 heterocycles. The summed E-state index contributed by atoms with van der Waals surface area (Å²) < 4.78 is 29.9. The molecule has 2 aromatic carbocycles. The Hall–Kier alpha value is -2.37. The largest absolute Gasteiger partial charge is 0.346 e. The Kier molecular flexibility index (Phi) is 6.37. The quantitative estimate of drug-likeness (QED) is 0.559. The van der Waals surface area contributed by atoms with Gasteiger partial charge in [-0.05, 0) is 44.0 Å². The Morgan fingerprint density at radius 1 is 0.893 bits per heavy atom. The summed E-state index contributed by atoms with van der Waals surface area (Å²) in [5, 5.41) is 0. The molecule has 3 aromatic rings. The molecule has 0 bridgehead atoms. The first-order valence-electron chi connectivity index (χ1n) is 9.58. The van der Waals surface area contributed by atoms with Gasteiger partial charge in [-0.2, -0.15) is 4.31 Å². The van der Waals surface area contributed by atoms with Crippen LogP contribution in [0.25, 0.3) is 0 Å². The molecule has 0 aliphatic carbocycles. The molecule has 0 atom stereocenters. The maximum absolute atomic E-state index is 13.1. The van der Waals surface area contributed by atoms with Crippen LogP contribution in [0.2, 0.25) is 0 Å². The summed E-state index contributed by atoms with van der Waals surface area (Å²) in [6.45, 7) is 7.02. The van der Waals surface area contributed by atoms with Gasteiger partial charge in [0.1, 0.15) is 0 Å². The lowest BCUT2D eigenvalue weighted by molar-refractivity contribution is 0.340. The molecular weight excluding hydrogens is 368 g/mol. The van der Waals surface area contributed by atoms with Crippen molar-refractivity contribution in [2.45, 2.75) is 45.7 Å². The minimum absolute atomic E-state index is 0.0185.